The first kappa shape index (κ1) is 10.4. The summed E-state index contributed by atoms with van der Waals surface area (Å²) in [5.41, 5.74) is 0. The first-order chi connectivity index (χ1) is 4.57. The van der Waals surface area contributed by atoms with E-state index in [1.807, 2.05) is 7.05 Å². The van der Waals surface area contributed by atoms with Crippen molar-refractivity contribution in [1.82, 2.24) is 4.90 Å². The van der Waals surface area contributed by atoms with E-state index < -0.39 is 0 Å². The van der Waals surface area contributed by atoms with E-state index in [-0.39, 0.29) is 6.10 Å². The molecule has 62 valence electrons. The molecule has 0 amide bonds. The lowest BCUT2D eigenvalue weighted by Crippen LogP contribution is -2.34. The van der Waals surface area contributed by atoms with Crippen LogP contribution in [0, 0.1) is 0 Å². The second kappa shape index (κ2) is 5.10. The summed E-state index contributed by atoms with van der Waals surface area (Å²) in [5, 5.41) is 9.85. The smallest absolute Gasteiger partial charge is 0.0763 e. The average molecular weight is 210 g/mol. The molecule has 0 heterocycles. The quantitative estimate of drug-likeness (QED) is 0.702. The van der Waals surface area contributed by atoms with Gasteiger partial charge in [-0.05, 0) is 20.9 Å². The highest BCUT2D eigenvalue weighted by molar-refractivity contribution is 9.09. The van der Waals surface area contributed by atoms with Gasteiger partial charge in [0.1, 0.15) is 0 Å². The Balaban J connectivity index is 3.46. The van der Waals surface area contributed by atoms with Crippen LogP contribution in [0.4, 0.5) is 0 Å². The Hall–Kier alpha value is 0.400. The van der Waals surface area contributed by atoms with Gasteiger partial charge in [-0.1, -0.05) is 15.9 Å². The summed E-state index contributed by atoms with van der Waals surface area (Å²) in [6, 6.07) is 0.508. The number of rotatable bonds is 4. The summed E-state index contributed by atoms with van der Waals surface area (Å²) in [6.45, 7) is 4.96. The number of nitrogens with zero attached hydrogens (tertiary/aromatic N) is 1. The van der Waals surface area contributed by atoms with Crippen molar-refractivity contribution < 1.29 is 5.11 Å². The molecule has 1 unspecified atom stereocenters. The third-order valence-electron chi connectivity index (χ3n) is 1.56. The Morgan fingerprint density at radius 2 is 2.00 bits per heavy atom. The van der Waals surface area contributed by atoms with Crippen LogP contribution in [0.15, 0.2) is 0 Å². The molecule has 0 aromatic rings. The highest BCUT2D eigenvalue weighted by Gasteiger charge is 2.08. The van der Waals surface area contributed by atoms with E-state index in [2.05, 4.69) is 34.7 Å². The maximum Gasteiger partial charge on any atom is 0.0763 e. The van der Waals surface area contributed by atoms with Gasteiger partial charge >= 0.3 is 0 Å². The largest absolute Gasteiger partial charge is 0.391 e. The minimum Gasteiger partial charge on any atom is -0.391 e. The fourth-order valence-corrected chi connectivity index (χ4v) is 0.797. The molecule has 0 saturated heterocycles. The lowest BCUT2D eigenvalue weighted by Gasteiger charge is -2.22. The third-order valence-corrected chi connectivity index (χ3v) is 2.31. The summed E-state index contributed by atoms with van der Waals surface area (Å²) in [7, 11) is 2.01. The van der Waals surface area contributed by atoms with E-state index in [0.29, 0.717) is 11.4 Å². The molecule has 0 rings (SSSR count). The molecule has 0 spiro atoms. The first-order valence-electron chi connectivity index (χ1n) is 3.52. The summed E-state index contributed by atoms with van der Waals surface area (Å²) in [5.74, 6) is 0. The van der Waals surface area contributed by atoms with Gasteiger partial charge in [0.25, 0.3) is 0 Å². The standard InChI is InChI=1S/C7H16BrNO/c1-6(2)9(3)5-7(10)4-8/h6-7,10H,4-5H2,1-3H3. The summed E-state index contributed by atoms with van der Waals surface area (Å²) in [4.78, 5) is 2.12. The van der Waals surface area contributed by atoms with Gasteiger partial charge in [-0.3, -0.25) is 0 Å². The summed E-state index contributed by atoms with van der Waals surface area (Å²) < 4.78 is 0. The van der Waals surface area contributed by atoms with Gasteiger partial charge in [0.2, 0.25) is 0 Å². The zero-order chi connectivity index (χ0) is 8.15. The van der Waals surface area contributed by atoms with Crippen molar-refractivity contribution in [2.45, 2.75) is 26.0 Å². The van der Waals surface area contributed by atoms with Gasteiger partial charge in [-0.25, -0.2) is 0 Å². The van der Waals surface area contributed by atoms with Gasteiger partial charge < -0.3 is 10.0 Å². The zero-order valence-electron chi connectivity index (χ0n) is 6.84. The van der Waals surface area contributed by atoms with Crippen LogP contribution in [0.1, 0.15) is 13.8 Å². The molecule has 0 bridgehead atoms. The van der Waals surface area contributed by atoms with E-state index in [9.17, 15) is 5.11 Å². The minimum atomic E-state index is -0.243. The number of likely N-dealkylation sites (N-methyl/N-ethyl adjacent to an activating group) is 1. The lowest BCUT2D eigenvalue weighted by atomic mass is 10.3. The first-order valence-corrected chi connectivity index (χ1v) is 4.64. The maximum absolute atomic E-state index is 9.19. The molecule has 0 aliphatic rings. The minimum absolute atomic E-state index is 0.243. The number of aliphatic hydroxyl groups excluding tert-OH is 1. The molecule has 0 aliphatic heterocycles. The van der Waals surface area contributed by atoms with Crippen molar-refractivity contribution in [1.29, 1.82) is 0 Å². The number of hydrogen-bond donors (Lipinski definition) is 1. The molecule has 0 aromatic carbocycles. The molecular formula is C7H16BrNO. The number of halogens is 1. The van der Waals surface area contributed by atoms with E-state index in [4.69, 9.17) is 0 Å². The third kappa shape index (κ3) is 4.25. The van der Waals surface area contributed by atoms with Crippen LogP contribution in [-0.2, 0) is 0 Å². The molecule has 3 heteroatoms. The molecule has 0 radical (unpaired) electrons. The van der Waals surface area contributed by atoms with Crippen LogP contribution in [0.2, 0.25) is 0 Å². The Morgan fingerprint density at radius 1 is 1.50 bits per heavy atom. The maximum atomic E-state index is 9.19. The van der Waals surface area contributed by atoms with Crippen molar-refractivity contribution >= 4 is 15.9 Å². The van der Waals surface area contributed by atoms with E-state index in [0.717, 1.165) is 6.54 Å². The predicted octanol–water partition coefficient (Wildman–Crippen LogP) is 1.08. The summed E-state index contributed by atoms with van der Waals surface area (Å²) >= 11 is 3.22. The second-order valence-corrected chi connectivity index (χ2v) is 3.49. The van der Waals surface area contributed by atoms with Crippen LogP contribution < -0.4 is 0 Å². The second-order valence-electron chi connectivity index (χ2n) is 2.84. The van der Waals surface area contributed by atoms with Gasteiger partial charge in [0.15, 0.2) is 0 Å². The number of aliphatic hydroxyl groups is 1. The van der Waals surface area contributed by atoms with Crippen LogP contribution >= 0.6 is 15.9 Å². The van der Waals surface area contributed by atoms with Crippen molar-refractivity contribution in [3.63, 3.8) is 0 Å². The highest BCUT2D eigenvalue weighted by atomic mass is 79.9. The molecule has 0 saturated carbocycles. The van der Waals surface area contributed by atoms with Crippen molar-refractivity contribution in [3.05, 3.63) is 0 Å². The Bertz CT molecular complexity index is 87.7. The molecular weight excluding hydrogens is 194 g/mol. The normalized spacial score (nSPS) is 14.7. The molecule has 0 aliphatic carbocycles. The fourth-order valence-electron chi connectivity index (χ4n) is 0.592. The number of alkyl halides is 1. The lowest BCUT2D eigenvalue weighted by molar-refractivity contribution is 0.130. The molecule has 0 aromatic heterocycles. The van der Waals surface area contributed by atoms with E-state index in [1.165, 1.54) is 0 Å². The number of hydrogen-bond acceptors (Lipinski definition) is 2. The molecule has 2 nitrogen and oxygen atoms in total. The SMILES string of the molecule is CC(C)N(C)CC(O)CBr. The topological polar surface area (TPSA) is 23.5 Å². The Labute approximate surface area is 71.4 Å². The summed E-state index contributed by atoms with van der Waals surface area (Å²) in [6.07, 6.45) is -0.243. The highest BCUT2D eigenvalue weighted by Crippen LogP contribution is 1.97. The Morgan fingerprint density at radius 3 is 2.30 bits per heavy atom. The van der Waals surface area contributed by atoms with Crippen molar-refractivity contribution in [2.75, 3.05) is 18.9 Å². The molecule has 1 atom stereocenters. The van der Waals surface area contributed by atoms with Gasteiger partial charge in [0.05, 0.1) is 6.10 Å². The van der Waals surface area contributed by atoms with Crippen molar-refractivity contribution in [3.8, 4) is 0 Å². The van der Waals surface area contributed by atoms with Gasteiger partial charge in [-0.15, -0.1) is 0 Å². The fraction of sp³-hybridized carbons (Fsp3) is 1.00. The molecule has 1 N–H and O–H groups in total. The molecule has 10 heavy (non-hydrogen) atoms. The van der Waals surface area contributed by atoms with Crippen LogP contribution in [-0.4, -0.2) is 41.1 Å². The molecule has 0 fully saturated rings. The monoisotopic (exact) mass is 209 g/mol. The zero-order valence-corrected chi connectivity index (χ0v) is 8.43. The Kier molecular flexibility index (Phi) is 5.31. The van der Waals surface area contributed by atoms with E-state index >= 15 is 0 Å². The predicted molar refractivity (Wildman–Crippen MR) is 47.6 cm³/mol. The van der Waals surface area contributed by atoms with Gasteiger partial charge in [-0.2, -0.15) is 0 Å². The van der Waals surface area contributed by atoms with Crippen LogP contribution in [0.25, 0.3) is 0 Å². The average Bonchev–Trinajstić information content (AvgIpc) is 1.87. The van der Waals surface area contributed by atoms with Gasteiger partial charge in [0, 0.05) is 17.9 Å². The van der Waals surface area contributed by atoms with Crippen LogP contribution in [0.5, 0.6) is 0 Å². The van der Waals surface area contributed by atoms with Crippen LogP contribution in [0.3, 0.4) is 0 Å². The van der Waals surface area contributed by atoms with E-state index in [1.54, 1.807) is 0 Å². The van der Waals surface area contributed by atoms with Crippen molar-refractivity contribution in [2.24, 2.45) is 0 Å².